The van der Waals surface area contributed by atoms with Crippen LogP contribution in [0.4, 0.5) is 0 Å². The van der Waals surface area contributed by atoms with Gasteiger partial charge < -0.3 is 29.2 Å². The number of rotatable bonds is 13. The fraction of sp³-hybridized carbons (Fsp3) is 0.385. The van der Waals surface area contributed by atoms with Gasteiger partial charge in [0.25, 0.3) is 0 Å². The van der Waals surface area contributed by atoms with Crippen LogP contribution < -0.4 is 9.47 Å². The second-order valence-electron chi connectivity index (χ2n) is 12.2. The average molecular weight is 613 g/mol. The van der Waals surface area contributed by atoms with Crippen LogP contribution in [-0.2, 0) is 9.47 Å². The van der Waals surface area contributed by atoms with Crippen molar-refractivity contribution in [3.05, 3.63) is 93.0 Å². The zero-order chi connectivity index (χ0) is 32.8. The van der Waals surface area contributed by atoms with Gasteiger partial charge in [0, 0.05) is 0 Å². The molecular formula is C39H48O6. The lowest BCUT2D eigenvalue weighted by Crippen LogP contribution is -2.21. The van der Waals surface area contributed by atoms with Crippen LogP contribution in [0, 0.1) is 55.4 Å². The van der Waals surface area contributed by atoms with Crippen LogP contribution in [0.3, 0.4) is 0 Å². The second-order valence-corrected chi connectivity index (χ2v) is 12.2. The highest BCUT2D eigenvalue weighted by atomic mass is 16.6. The van der Waals surface area contributed by atoms with Gasteiger partial charge >= 0.3 is 0 Å². The summed E-state index contributed by atoms with van der Waals surface area (Å²) in [5, 5.41) is 20.3. The first-order valence-corrected chi connectivity index (χ1v) is 15.6. The van der Waals surface area contributed by atoms with Crippen LogP contribution in [0.1, 0.15) is 51.4 Å². The standard InChI is InChI=1S/C39H48O6/c1-23-14-32(15-24(2)36(23)40)34-18-27(5)38(28(6)19-34)44-11-10-42-22-31(9)43-12-13-45-39-29(7)20-35(21-30(39)8)33-16-25(3)37(41)26(4)17-33/h14-21,31,40-41H,10-13,22H2,1-9H3. The Morgan fingerprint density at radius 3 is 1.13 bits per heavy atom. The van der Waals surface area contributed by atoms with Crippen molar-refractivity contribution >= 4 is 0 Å². The summed E-state index contributed by atoms with van der Waals surface area (Å²) in [6.07, 6.45) is -0.0703. The molecule has 0 bridgehead atoms. The molecule has 0 radical (unpaired) electrons. The number of aromatic hydroxyl groups is 2. The summed E-state index contributed by atoms with van der Waals surface area (Å²) in [7, 11) is 0. The minimum absolute atomic E-state index is 0.0703. The molecule has 4 rings (SSSR count). The number of phenols is 2. The third kappa shape index (κ3) is 8.38. The predicted octanol–water partition coefficient (Wildman–Crippen LogP) is 8.78. The summed E-state index contributed by atoms with van der Waals surface area (Å²) in [5.41, 5.74) is 12.1. The monoisotopic (exact) mass is 612 g/mol. The highest BCUT2D eigenvalue weighted by molar-refractivity contribution is 5.71. The molecule has 4 aromatic carbocycles. The maximum absolute atomic E-state index is 10.1. The van der Waals surface area contributed by atoms with Crippen LogP contribution >= 0.6 is 0 Å². The smallest absolute Gasteiger partial charge is 0.125 e. The Morgan fingerprint density at radius 2 is 0.778 bits per heavy atom. The van der Waals surface area contributed by atoms with Crippen LogP contribution in [0.25, 0.3) is 22.3 Å². The van der Waals surface area contributed by atoms with Gasteiger partial charge in [0.15, 0.2) is 0 Å². The Morgan fingerprint density at radius 1 is 0.467 bits per heavy atom. The lowest BCUT2D eigenvalue weighted by atomic mass is 9.96. The van der Waals surface area contributed by atoms with Gasteiger partial charge in [-0.1, -0.05) is 0 Å². The molecule has 0 spiro atoms. The van der Waals surface area contributed by atoms with E-state index in [4.69, 9.17) is 18.9 Å². The van der Waals surface area contributed by atoms with Gasteiger partial charge in [-0.25, -0.2) is 0 Å². The molecule has 240 valence electrons. The molecule has 2 N–H and O–H groups in total. The molecular weight excluding hydrogens is 564 g/mol. The molecule has 1 atom stereocenters. The number of aryl methyl sites for hydroxylation is 8. The summed E-state index contributed by atoms with van der Waals surface area (Å²) < 4.78 is 24.0. The lowest BCUT2D eigenvalue weighted by molar-refractivity contribution is -0.0209. The van der Waals surface area contributed by atoms with E-state index in [0.717, 1.165) is 78.3 Å². The summed E-state index contributed by atoms with van der Waals surface area (Å²) in [5.74, 6) is 2.46. The Bertz CT molecular complexity index is 1560. The third-order valence-electron chi connectivity index (χ3n) is 8.13. The Hall–Kier alpha value is -4.00. The van der Waals surface area contributed by atoms with Crippen molar-refractivity contribution in [3.63, 3.8) is 0 Å². The fourth-order valence-electron chi connectivity index (χ4n) is 5.83. The molecule has 0 aliphatic heterocycles. The normalized spacial score (nSPS) is 11.9. The van der Waals surface area contributed by atoms with Crippen LogP contribution in [0.2, 0.25) is 0 Å². The maximum atomic E-state index is 10.1. The van der Waals surface area contributed by atoms with Gasteiger partial charge in [-0.3, -0.25) is 0 Å². The van der Waals surface area contributed by atoms with Crippen molar-refractivity contribution in [3.8, 4) is 45.3 Å². The van der Waals surface area contributed by atoms with Gasteiger partial charge in [-0.2, -0.15) is 0 Å². The van der Waals surface area contributed by atoms with Crippen molar-refractivity contribution in [2.24, 2.45) is 0 Å². The van der Waals surface area contributed by atoms with Gasteiger partial charge in [0.05, 0.1) is 25.9 Å². The van der Waals surface area contributed by atoms with E-state index in [1.54, 1.807) is 0 Å². The highest BCUT2D eigenvalue weighted by Gasteiger charge is 2.13. The zero-order valence-corrected chi connectivity index (χ0v) is 28.3. The molecule has 4 aromatic rings. The minimum atomic E-state index is -0.0703. The molecule has 0 amide bonds. The van der Waals surface area contributed by atoms with Crippen molar-refractivity contribution < 1.29 is 29.2 Å². The summed E-state index contributed by atoms with van der Waals surface area (Å²) >= 11 is 0. The molecule has 0 saturated heterocycles. The van der Waals surface area contributed by atoms with E-state index in [1.807, 2.05) is 58.9 Å². The first kappa shape index (κ1) is 33.9. The quantitative estimate of drug-likeness (QED) is 0.147. The number of hydrogen-bond acceptors (Lipinski definition) is 6. The molecule has 0 saturated carbocycles. The molecule has 1 unspecified atom stereocenters. The molecule has 6 nitrogen and oxygen atoms in total. The Balaban J connectivity index is 1.19. The lowest BCUT2D eigenvalue weighted by Gasteiger charge is -2.18. The first-order chi connectivity index (χ1) is 21.3. The van der Waals surface area contributed by atoms with Crippen LogP contribution in [0.5, 0.6) is 23.0 Å². The molecule has 0 fully saturated rings. The van der Waals surface area contributed by atoms with E-state index >= 15 is 0 Å². The first-order valence-electron chi connectivity index (χ1n) is 15.6. The molecule has 0 aliphatic rings. The third-order valence-corrected chi connectivity index (χ3v) is 8.13. The SMILES string of the molecule is Cc1cc(-c2cc(C)c(OCCOCC(C)OCCOc3c(C)cc(-c4cc(C)c(O)c(C)c4)cc3C)c(C)c2)cc(C)c1O. The summed E-state index contributed by atoms with van der Waals surface area (Å²) in [6, 6.07) is 16.6. The second kappa shape index (κ2) is 14.9. The van der Waals surface area contributed by atoms with Gasteiger partial charge in [-0.15, -0.1) is 0 Å². The summed E-state index contributed by atoms with van der Waals surface area (Å²) in [4.78, 5) is 0. The average Bonchev–Trinajstić information content (AvgIpc) is 2.98. The van der Waals surface area contributed by atoms with E-state index in [9.17, 15) is 10.2 Å². The van der Waals surface area contributed by atoms with E-state index in [1.165, 1.54) is 0 Å². The summed E-state index contributed by atoms with van der Waals surface area (Å²) in [6.45, 7) is 20.2. The number of benzene rings is 4. The van der Waals surface area contributed by atoms with Crippen molar-refractivity contribution in [2.75, 3.05) is 33.0 Å². The molecule has 0 aliphatic carbocycles. The Labute approximate surface area is 268 Å². The van der Waals surface area contributed by atoms with Crippen molar-refractivity contribution in [1.29, 1.82) is 0 Å². The van der Waals surface area contributed by atoms with Crippen molar-refractivity contribution in [1.82, 2.24) is 0 Å². The topological polar surface area (TPSA) is 77.4 Å². The van der Waals surface area contributed by atoms with E-state index in [2.05, 4.69) is 52.0 Å². The molecule has 45 heavy (non-hydrogen) atoms. The minimum Gasteiger partial charge on any atom is -0.507 e. The fourth-order valence-corrected chi connectivity index (χ4v) is 5.83. The Kier molecular flexibility index (Phi) is 11.2. The van der Waals surface area contributed by atoms with E-state index in [0.29, 0.717) is 44.5 Å². The largest absolute Gasteiger partial charge is 0.507 e. The predicted molar refractivity (Wildman–Crippen MR) is 182 cm³/mol. The maximum Gasteiger partial charge on any atom is 0.125 e. The van der Waals surface area contributed by atoms with Crippen molar-refractivity contribution in [2.45, 2.75) is 68.4 Å². The zero-order valence-electron chi connectivity index (χ0n) is 28.3. The number of phenolic OH excluding ortho intramolecular Hbond substituents is 2. The van der Waals surface area contributed by atoms with E-state index in [-0.39, 0.29) is 6.10 Å². The molecule has 0 aromatic heterocycles. The van der Waals surface area contributed by atoms with Crippen LogP contribution in [-0.4, -0.2) is 49.4 Å². The van der Waals surface area contributed by atoms with E-state index < -0.39 is 0 Å². The molecule has 6 heteroatoms. The number of ether oxygens (including phenoxy) is 4. The van der Waals surface area contributed by atoms with Gasteiger partial charge in [0.2, 0.25) is 0 Å². The van der Waals surface area contributed by atoms with Crippen LogP contribution in [0.15, 0.2) is 48.5 Å². The van der Waals surface area contributed by atoms with Gasteiger partial charge in [-0.05, 0) is 178 Å². The molecule has 0 heterocycles. The number of hydrogen-bond donors (Lipinski definition) is 2. The van der Waals surface area contributed by atoms with Gasteiger partial charge in [0.1, 0.15) is 36.2 Å². The highest BCUT2D eigenvalue weighted by Crippen LogP contribution is 2.35.